The van der Waals surface area contributed by atoms with Gasteiger partial charge in [-0.25, -0.2) is 0 Å². The van der Waals surface area contributed by atoms with Crippen LogP contribution in [0.5, 0.6) is 0 Å². The van der Waals surface area contributed by atoms with Crippen LogP contribution in [0.3, 0.4) is 0 Å². The van der Waals surface area contributed by atoms with Crippen LogP contribution in [0.4, 0.5) is 11.4 Å². The van der Waals surface area contributed by atoms with Crippen molar-refractivity contribution in [2.24, 2.45) is 5.92 Å². The van der Waals surface area contributed by atoms with Crippen LogP contribution in [-0.2, 0) is 21.5 Å². The van der Waals surface area contributed by atoms with Gasteiger partial charge in [0, 0.05) is 72.9 Å². The molecule has 3 saturated heterocycles. The molecule has 3 fully saturated rings. The zero-order chi connectivity index (χ0) is 47.3. The third kappa shape index (κ3) is 8.87. The quantitative estimate of drug-likeness (QED) is 0.101. The van der Waals surface area contributed by atoms with E-state index in [1.165, 1.54) is 5.69 Å². The summed E-state index contributed by atoms with van der Waals surface area (Å²) in [5.74, 6) is -1.35. The lowest BCUT2D eigenvalue weighted by molar-refractivity contribution is -0.136. The molecule has 16 heteroatoms. The Labute approximate surface area is 394 Å². The number of H-pyrrole nitrogens is 1. The monoisotopic (exact) mass is 916 g/mol. The maximum atomic E-state index is 13.5. The topological polar surface area (TPSA) is 199 Å². The first-order chi connectivity index (χ1) is 32.8. The Bertz CT molecular complexity index is 2940. The zero-order valence-electron chi connectivity index (χ0n) is 38.9. The van der Waals surface area contributed by atoms with Gasteiger partial charge in [-0.1, -0.05) is 56.3 Å². The number of amides is 5. The van der Waals surface area contributed by atoms with Crippen molar-refractivity contribution in [2.75, 3.05) is 42.5 Å². The van der Waals surface area contributed by atoms with E-state index in [2.05, 4.69) is 89.5 Å². The fourth-order valence-corrected chi connectivity index (χ4v) is 9.95. The molecule has 5 amide bonds. The average Bonchev–Trinajstić information content (AvgIpc) is 4.08. The summed E-state index contributed by atoms with van der Waals surface area (Å²) in [5, 5.41) is 21.9. The second-order valence-corrected chi connectivity index (χ2v) is 19.7. The molecule has 4 aromatic carbocycles. The standard InChI is InChI=1S/C52H56N10O6/c1-30-24-34(7-8-35(30)28-54-47(65)48-56-51(59-68-48)52(2,3)4)45-41-25-33(11-16-42(41)57-58-45)32-9-12-37(13-10-32)60-22-19-31(20-23-60)27-53-36-6-5-21-61(29-36)38-14-15-39-40(26-38)50(67)62(49(39)66)43-17-18-44(63)55-46(43)64/h7-16,24-26,31,36,43,53H,5-6,17-23,27-29H2,1-4H3,(H,54,65)(H,57,58)(H,55,63,64)/t36-,43?/m1/s1. The predicted molar refractivity (Wildman–Crippen MR) is 257 cm³/mol. The minimum absolute atomic E-state index is 0.0462. The van der Waals surface area contributed by atoms with E-state index in [4.69, 9.17) is 9.62 Å². The van der Waals surface area contributed by atoms with Crippen molar-refractivity contribution < 1.29 is 28.5 Å². The number of fused-ring (bicyclic) bond motifs is 2. The number of rotatable bonds is 11. The number of carbonyl (C=O) groups excluding carboxylic acids is 5. The van der Waals surface area contributed by atoms with Crippen molar-refractivity contribution in [1.29, 1.82) is 0 Å². The SMILES string of the molecule is Cc1cc(-c2n[nH]c3ccc(-c4ccc(N5CCC(CN[C@@H]6CCCN(c7ccc8c(c7)C(=O)N(C7CCC(=O)NC7=O)C8=O)C6)CC5)cc4)cc23)ccc1CNC(=O)c1nc(C(C)(C)C)no1. The van der Waals surface area contributed by atoms with Crippen molar-refractivity contribution in [3.63, 3.8) is 0 Å². The third-order valence-electron chi connectivity index (χ3n) is 14.0. The van der Waals surface area contributed by atoms with Crippen LogP contribution in [-0.4, -0.2) is 99.6 Å². The summed E-state index contributed by atoms with van der Waals surface area (Å²) >= 11 is 0. The second-order valence-electron chi connectivity index (χ2n) is 19.7. The Hall–Kier alpha value is -7.20. The summed E-state index contributed by atoms with van der Waals surface area (Å²) in [6, 6.07) is 26.1. The molecule has 2 atom stereocenters. The summed E-state index contributed by atoms with van der Waals surface area (Å²) in [5.41, 5.74) is 9.47. The molecule has 4 aliphatic rings. The largest absolute Gasteiger partial charge is 0.372 e. The van der Waals surface area contributed by atoms with E-state index in [-0.39, 0.29) is 30.1 Å². The molecule has 68 heavy (non-hydrogen) atoms. The molecule has 0 bridgehead atoms. The number of hydrogen-bond donors (Lipinski definition) is 4. The van der Waals surface area contributed by atoms with Crippen LogP contribution < -0.4 is 25.8 Å². The van der Waals surface area contributed by atoms with Crippen molar-refractivity contribution >= 4 is 51.8 Å². The molecular formula is C52H56N10O6. The molecule has 16 nitrogen and oxygen atoms in total. The molecule has 1 unspecified atom stereocenters. The smallest absolute Gasteiger partial charge is 0.315 e. The van der Waals surface area contributed by atoms with Gasteiger partial charge in [0.25, 0.3) is 11.8 Å². The Morgan fingerprint density at radius 1 is 0.809 bits per heavy atom. The number of imide groups is 2. The van der Waals surface area contributed by atoms with Crippen molar-refractivity contribution in [3.8, 4) is 22.4 Å². The second kappa shape index (κ2) is 18.1. The Morgan fingerprint density at radius 3 is 2.31 bits per heavy atom. The van der Waals surface area contributed by atoms with Crippen LogP contribution in [0.25, 0.3) is 33.3 Å². The Kier molecular flexibility index (Phi) is 11.9. The van der Waals surface area contributed by atoms with Crippen LogP contribution >= 0.6 is 0 Å². The summed E-state index contributed by atoms with van der Waals surface area (Å²) in [7, 11) is 0. The molecular weight excluding hydrogens is 861 g/mol. The maximum absolute atomic E-state index is 13.5. The van der Waals surface area contributed by atoms with Gasteiger partial charge in [-0.15, -0.1) is 0 Å². The molecule has 0 aliphatic carbocycles. The molecule has 0 saturated carbocycles. The molecule has 2 aromatic heterocycles. The molecule has 0 radical (unpaired) electrons. The van der Waals surface area contributed by atoms with Gasteiger partial charge in [-0.2, -0.15) is 10.1 Å². The van der Waals surface area contributed by atoms with Crippen LogP contribution in [0.15, 0.2) is 83.4 Å². The first kappa shape index (κ1) is 44.6. The van der Waals surface area contributed by atoms with E-state index in [0.29, 0.717) is 35.5 Å². The highest BCUT2D eigenvalue weighted by Crippen LogP contribution is 2.35. The van der Waals surface area contributed by atoms with Gasteiger partial charge < -0.3 is 25.0 Å². The summed E-state index contributed by atoms with van der Waals surface area (Å²) < 4.78 is 5.21. The lowest BCUT2D eigenvalue weighted by Crippen LogP contribution is -2.54. The van der Waals surface area contributed by atoms with Gasteiger partial charge in [-0.05, 0) is 122 Å². The van der Waals surface area contributed by atoms with Crippen LogP contribution in [0, 0.1) is 12.8 Å². The molecule has 0 spiro atoms. The highest BCUT2D eigenvalue weighted by Gasteiger charge is 2.45. The van der Waals surface area contributed by atoms with Crippen molar-refractivity contribution in [2.45, 2.75) is 90.3 Å². The number of nitrogens with zero attached hydrogens (tertiary/aromatic N) is 6. The van der Waals surface area contributed by atoms with Crippen LogP contribution in [0.2, 0.25) is 0 Å². The fraction of sp³-hybridized carbons (Fsp3) is 0.385. The molecule has 10 rings (SSSR count). The van der Waals surface area contributed by atoms with E-state index in [0.717, 1.165) is 113 Å². The highest BCUT2D eigenvalue weighted by molar-refractivity contribution is 6.23. The number of aryl methyl sites for hydroxylation is 1. The minimum Gasteiger partial charge on any atom is -0.372 e. The third-order valence-corrected chi connectivity index (χ3v) is 14.0. The number of carbonyl (C=O) groups is 5. The lowest BCUT2D eigenvalue weighted by atomic mass is 9.95. The predicted octanol–water partition coefficient (Wildman–Crippen LogP) is 6.69. The summed E-state index contributed by atoms with van der Waals surface area (Å²) in [6.07, 6.45) is 4.51. The molecule has 350 valence electrons. The fourth-order valence-electron chi connectivity index (χ4n) is 9.95. The van der Waals surface area contributed by atoms with Gasteiger partial charge in [0.15, 0.2) is 5.82 Å². The van der Waals surface area contributed by atoms with E-state index < -0.39 is 29.7 Å². The molecule has 4 N–H and O–H groups in total. The van der Waals surface area contributed by atoms with Gasteiger partial charge in [0.2, 0.25) is 11.8 Å². The molecule has 6 aromatic rings. The van der Waals surface area contributed by atoms with Gasteiger partial charge >= 0.3 is 11.8 Å². The number of hydrogen-bond acceptors (Lipinski definition) is 12. The number of anilines is 2. The first-order valence-electron chi connectivity index (χ1n) is 23.7. The average molecular weight is 917 g/mol. The number of piperidine rings is 3. The number of benzene rings is 4. The normalized spacial score (nSPS) is 19.2. The zero-order valence-corrected chi connectivity index (χ0v) is 38.9. The van der Waals surface area contributed by atoms with E-state index in [1.807, 2.05) is 45.9 Å². The molecule has 6 heterocycles. The summed E-state index contributed by atoms with van der Waals surface area (Å²) in [6.45, 7) is 12.8. The maximum Gasteiger partial charge on any atom is 0.315 e. The number of aromatic amines is 1. The minimum atomic E-state index is -0.975. The Morgan fingerprint density at radius 2 is 1.56 bits per heavy atom. The van der Waals surface area contributed by atoms with Gasteiger partial charge in [0.05, 0.1) is 22.3 Å². The Balaban J connectivity index is 0.712. The first-order valence-corrected chi connectivity index (χ1v) is 23.7. The number of nitrogens with one attached hydrogen (secondary N) is 4. The van der Waals surface area contributed by atoms with Crippen molar-refractivity contribution in [3.05, 3.63) is 113 Å². The van der Waals surface area contributed by atoms with Crippen LogP contribution in [0.1, 0.15) is 108 Å². The summed E-state index contributed by atoms with van der Waals surface area (Å²) in [4.78, 5) is 73.7. The van der Waals surface area contributed by atoms with E-state index in [9.17, 15) is 24.0 Å². The van der Waals surface area contributed by atoms with Gasteiger partial charge in [0.1, 0.15) is 6.04 Å². The highest BCUT2D eigenvalue weighted by atomic mass is 16.5. The lowest BCUT2D eigenvalue weighted by Gasteiger charge is -2.37. The molecule has 4 aliphatic heterocycles. The van der Waals surface area contributed by atoms with Gasteiger partial charge in [-0.3, -0.25) is 39.3 Å². The number of aromatic nitrogens is 4. The van der Waals surface area contributed by atoms with E-state index in [1.54, 1.807) is 12.1 Å². The van der Waals surface area contributed by atoms with E-state index >= 15 is 0 Å². The van der Waals surface area contributed by atoms with Crippen molar-refractivity contribution in [1.82, 2.24) is 41.2 Å².